The summed E-state index contributed by atoms with van der Waals surface area (Å²) >= 11 is 3.58. The van der Waals surface area contributed by atoms with Gasteiger partial charge in [0.1, 0.15) is 5.82 Å². The van der Waals surface area contributed by atoms with Gasteiger partial charge in [-0.05, 0) is 77.0 Å². The minimum atomic E-state index is 0.882. The second kappa shape index (κ2) is 4.73. The number of benzene rings is 1. The van der Waals surface area contributed by atoms with Gasteiger partial charge < -0.3 is 5.32 Å². The summed E-state index contributed by atoms with van der Waals surface area (Å²) in [6.07, 6.45) is 5.54. The molecule has 0 saturated heterocycles. The van der Waals surface area contributed by atoms with Crippen molar-refractivity contribution in [1.82, 2.24) is 4.98 Å². The van der Waals surface area contributed by atoms with Gasteiger partial charge in [0.05, 0.1) is 4.47 Å². The lowest BCUT2D eigenvalue weighted by Gasteiger charge is -2.10. The summed E-state index contributed by atoms with van der Waals surface area (Å²) in [6, 6.07) is 8.62. The molecule has 0 saturated carbocycles. The highest BCUT2D eigenvalue weighted by Crippen LogP contribution is 2.29. The fraction of sp³-hybridized carbons (Fsp3) is 0.267. The van der Waals surface area contributed by atoms with E-state index in [1.165, 1.54) is 36.0 Å². The summed E-state index contributed by atoms with van der Waals surface area (Å²) in [4.78, 5) is 4.37. The van der Waals surface area contributed by atoms with Crippen molar-refractivity contribution in [2.45, 2.75) is 26.2 Å². The van der Waals surface area contributed by atoms with Gasteiger partial charge in [0, 0.05) is 11.9 Å². The van der Waals surface area contributed by atoms with Crippen molar-refractivity contribution >= 4 is 27.4 Å². The molecule has 92 valence electrons. The van der Waals surface area contributed by atoms with E-state index in [1.54, 1.807) is 0 Å². The maximum Gasteiger partial charge on any atom is 0.144 e. The van der Waals surface area contributed by atoms with E-state index >= 15 is 0 Å². The Morgan fingerprint density at radius 2 is 2.00 bits per heavy atom. The van der Waals surface area contributed by atoms with Crippen molar-refractivity contribution in [2.24, 2.45) is 0 Å². The topological polar surface area (TPSA) is 24.9 Å². The highest BCUT2D eigenvalue weighted by atomic mass is 79.9. The van der Waals surface area contributed by atoms with Crippen molar-refractivity contribution in [2.75, 3.05) is 5.32 Å². The first-order valence-electron chi connectivity index (χ1n) is 6.24. The van der Waals surface area contributed by atoms with Crippen LogP contribution in [0.1, 0.15) is 23.1 Å². The average molecular weight is 303 g/mol. The van der Waals surface area contributed by atoms with E-state index in [2.05, 4.69) is 51.4 Å². The molecule has 1 aliphatic rings. The largest absolute Gasteiger partial charge is 0.339 e. The van der Waals surface area contributed by atoms with Gasteiger partial charge >= 0.3 is 0 Å². The van der Waals surface area contributed by atoms with Crippen LogP contribution in [0, 0.1) is 6.92 Å². The molecule has 0 aliphatic heterocycles. The molecular weight excluding hydrogens is 288 g/mol. The van der Waals surface area contributed by atoms with Crippen LogP contribution in [-0.2, 0) is 12.8 Å². The van der Waals surface area contributed by atoms with Crippen LogP contribution in [-0.4, -0.2) is 4.98 Å². The normalized spacial score (nSPS) is 13.4. The zero-order chi connectivity index (χ0) is 12.5. The van der Waals surface area contributed by atoms with Crippen LogP contribution in [0.3, 0.4) is 0 Å². The number of halogens is 1. The van der Waals surface area contributed by atoms with Crippen LogP contribution in [0.2, 0.25) is 0 Å². The van der Waals surface area contributed by atoms with Gasteiger partial charge in [-0.2, -0.15) is 0 Å². The van der Waals surface area contributed by atoms with Crippen molar-refractivity contribution in [3.8, 4) is 0 Å². The molecule has 2 nitrogen and oxygen atoms in total. The number of aryl methyl sites for hydroxylation is 3. The number of nitrogens with one attached hydrogen (secondary N) is 1. The Kier molecular flexibility index (Phi) is 3.08. The fourth-order valence-electron chi connectivity index (χ4n) is 2.41. The van der Waals surface area contributed by atoms with Crippen LogP contribution in [0.4, 0.5) is 11.5 Å². The van der Waals surface area contributed by atoms with Crippen LogP contribution in [0.5, 0.6) is 0 Å². The minimum absolute atomic E-state index is 0.882. The van der Waals surface area contributed by atoms with Gasteiger partial charge in [0.15, 0.2) is 0 Å². The van der Waals surface area contributed by atoms with Crippen LogP contribution >= 0.6 is 15.9 Å². The van der Waals surface area contributed by atoms with E-state index in [0.717, 1.165) is 16.0 Å². The van der Waals surface area contributed by atoms with Gasteiger partial charge in [-0.1, -0.05) is 6.07 Å². The average Bonchev–Trinajstić information content (AvgIpc) is 2.82. The third kappa shape index (κ3) is 2.15. The first-order valence-corrected chi connectivity index (χ1v) is 7.03. The van der Waals surface area contributed by atoms with Crippen molar-refractivity contribution < 1.29 is 0 Å². The molecule has 3 heteroatoms. The molecule has 0 bridgehead atoms. The summed E-state index contributed by atoms with van der Waals surface area (Å²) in [5, 5.41) is 3.38. The minimum Gasteiger partial charge on any atom is -0.339 e. The van der Waals surface area contributed by atoms with E-state index in [9.17, 15) is 0 Å². The number of anilines is 2. The highest BCUT2D eigenvalue weighted by molar-refractivity contribution is 9.10. The van der Waals surface area contributed by atoms with E-state index in [4.69, 9.17) is 0 Å². The first-order chi connectivity index (χ1) is 8.74. The molecule has 2 aromatic rings. The maximum absolute atomic E-state index is 4.37. The molecule has 0 spiro atoms. The Labute approximate surface area is 116 Å². The number of pyridine rings is 1. The van der Waals surface area contributed by atoms with Crippen molar-refractivity contribution in [3.05, 3.63) is 51.6 Å². The Morgan fingerprint density at radius 1 is 1.17 bits per heavy atom. The first kappa shape index (κ1) is 11.7. The Morgan fingerprint density at radius 3 is 2.89 bits per heavy atom. The van der Waals surface area contributed by atoms with Gasteiger partial charge in [-0.15, -0.1) is 0 Å². The monoisotopic (exact) mass is 302 g/mol. The van der Waals surface area contributed by atoms with E-state index in [-0.39, 0.29) is 0 Å². The van der Waals surface area contributed by atoms with Gasteiger partial charge in [0.2, 0.25) is 0 Å². The molecule has 1 heterocycles. The smallest absolute Gasteiger partial charge is 0.144 e. The molecular formula is C15H15BrN2. The Balaban J connectivity index is 1.90. The quantitative estimate of drug-likeness (QED) is 0.890. The van der Waals surface area contributed by atoms with Crippen LogP contribution < -0.4 is 5.32 Å². The zero-order valence-corrected chi connectivity index (χ0v) is 11.9. The summed E-state index contributed by atoms with van der Waals surface area (Å²) in [7, 11) is 0. The van der Waals surface area contributed by atoms with E-state index in [1.807, 2.05) is 12.3 Å². The molecule has 0 amide bonds. The number of aromatic nitrogens is 1. The van der Waals surface area contributed by atoms with Gasteiger partial charge in [-0.25, -0.2) is 4.98 Å². The van der Waals surface area contributed by atoms with E-state index < -0.39 is 0 Å². The Bertz CT molecular complexity index is 593. The third-order valence-electron chi connectivity index (χ3n) is 3.44. The number of rotatable bonds is 2. The number of hydrogen-bond acceptors (Lipinski definition) is 2. The predicted octanol–water partition coefficient (Wildman–Crippen LogP) is 4.38. The van der Waals surface area contributed by atoms with Crippen LogP contribution in [0.25, 0.3) is 0 Å². The highest BCUT2D eigenvalue weighted by Gasteiger charge is 2.11. The molecule has 0 unspecified atom stereocenters. The molecule has 1 aromatic carbocycles. The molecule has 1 N–H and O–H groups in total. The Hall–Kier alpha value is -1.35. The molecule has 0 fully saturated rings. The van der Waals surface area contributed by atoms with Crippen LogP contribution in [0.15, 0.2) is 34.9 Å². The second-order valence-corrected chi connectivity index (χ2v) is 5.55. The fourth-order valence-corrected chi connectivity index (χ4v) is 2.75. The summed E-state index contributed by atoms with van der Waals surface area (Å²) < 4.78 is 1.03. The molecule has 1 aliphatic carbocycles. The standard InChI is InChI=1S/C15H15BrN2/c1-10-7-8-17-15(14(10)16)18-13-6-5-11-3-2-4-12(11)9-13/h5-9H,2-4H2,1H3,(H,17,18). The number of hydrogen-bond donors (Lipinski definition) is 1. The summed E-state index contributed by atoms with van der Waals surface area (Å²) in [6.45, 7) is 2.07. The SMILES string of the molecule is Cc1ccnc(Nc2ccc3c(c2)CCC3)c1Br. The molecule has 3 rings (SSSR count). The third-order valence-corrected chi connectivity index (χ3v) is 4.44. The summed E-state index contributed by atoms with van der Waals surface area (Å²) in [5.41, 5.74) is 5.28. The molecule has 1 aromatic heterocycles. The van der Waals surface area contributed by atoms with E-state index in [0.29, 0.717) is 0 Å². The molecule has 18 heavy (non-hydrogen) atoms. The maximum atomic E-state index is 4.37. The lowest BCUT2D eigenvalue weighted by atomic mass is 10.1. The number of nitrogens with zero attached hydrogens (tertiary/aromatic N) is 1. The van der Waals surface area contributed by atoms with Gasteiger partial charge in [0.25, 0.3) is 0 Å². The second-order valence-electron chi connectivity index (χ2n) is 4.75. The lowest BCUT2D eigenvalue weighted by molar-refractivity contribution is 0.912. The van der Waals surface area contributed by atoms with Crippen molar-refractivity contribution in [1.29, 1.82) is 0 Å². The zero-order valence-electron chi connectivity index (χ0n) is 10.3. The predicted molar refractivity (Wildman–Crippen MR) is 78.4 cm³/mol. The number of fused-ring (bicyclic) bond motifs is 1. The molecule has 0 radical (unpaired) electrons. The molecule has 0 atom stereocenters. The summed E-state index contributed by atoms with van der Waals surface area (Å²) in [5.74, 6) is 0.882. The lowest BCUT2D eigenvalue weighted by Crippen LogP contribution is -1.96. The van der Waals surface area contributed by atoms with Crippen molar-refractivity contribution in [3.63, 3.8) is 0 Å². The van der Waals surface area contributed by atoms with Gasteiger partial charge in [-0.3, -0.25) is 0 Å².